The lowest BCUT2D eigenvalue weighted by Crippen LogP contribution is -2.31. The Bertz CT molecular complexity index is 1890. The Morgan fingerprint density at radius 1 is 0.927 bits per heavy atom. The highest BCUT2D eigenvalue weighted by molar-refractivity contribution is 7.90. The highest BCUT2D eigenvalue weighted by Gasteiger charge is 2.21. The molecule has 2 aromatic heterocycles. The molecule has 0 fully saturated rings. The van der Waals surface area contributed by atoms with E-state index in [0.717, 1.165) is 11.1 Å². The zero-order chi connectivity index (χ0) is 29.3. The molecule has 0 saturated carbocycles. The van der Waals surface area contributed by atoms with E-state index in [1.807, 2.05) is 19.1 Å². The minimum atomic E-state index is -4.08. The van der Waals surface area contributed by atoms with Gasteiger partial charge in [0.25, 0.3) is 21.8 Å². The van der Waals surface area contributed by atoms with E-state index in [1.54, 1.807) is 73.1 Å². The molecule has 11 heteroatoms. The molecule has 1 N–H and O–H groups in total. The molecule has 0 aliphatic rings. The molecule has 2 heterocycles. The number of aryl methyl sites for hydroxylation is 2. The Morgan fingerprint density at radius 2 is 1.63 bits per heavy atom. The third-order valence-corrected chi connectivity index (χ3v) is 8.35. The number of sulfonamides is 1. The molecular weight excluding hydrogens is 562 g/mol. The summed E-state index contributed by atoms with van der Waals surface area (Å²) in [4.78, 5) is 36.2. The fourth-order valence-electron chi connectivity index (χ4n) is 4.32. The first-order chi connectivity index (χ1) is 19.5. The molecule has 0 aliphatic carbocycles. The summed E-state index contributed by atoms with van der Waals surface area (Å²) in [7, 11) is -2.40. The van der Waals surface area contributed by atoms with Gasteiger partial charge < -0.3 is 9.47 Å². The van der Waals surface area contributed by atoms with Gasteiger partial charge in [-0.1, -0.05) is 53.6 Å². The number of imidazole rings is 1. The number of rotatable bonds is 7. The number of amides is 2. The molecule has 3 aromatic carbocycles. The van der Waals surface area contributed by atoms with Gasteiger partial charge in [0.15, 0.2) is 5.65 Å². The SMILES string of the molecule is Cc1ccc(S(=O)(=O)NC(=O)c2ccc3nc(C)n(Cc4ccc(N(C)C(=O)c5ccccc5)cc4Cl)c3n2)cc1. The molecule has 5 aromatic rings. The number of carbonyl (C=O) groups excluding carboxylic acids is 2. The lowest BCUT2D eigenvalue weighted by atomic mass is 10.1. The molecule has 208 valence electrons. The summed E-state index contributed by atoms with van der Waals surface area (Å²) >= 11 is 6.64. The molecule has 0 aliphatic heterocycles. The van der Waals surface area contributed by atoms with Crippen LogP contribution >= 0.6 is 11.6 Å². The van der Waals surface area contributed by atoms with E-state index in [0.29, 0.717) is 33.3 Å². The number of anilines is 1. The molecule has 0 spiro atoms. The summed E-state index contributed by atoms with van der Waals surface area (Å²) in [6.45, 7) is 3.93. The van der Waals surface area contributed by atoms with Gasteiger partial charge in [0.1, 0.15) is 17.0 Å². The van der Waals surface area contributed by atoms with Gasteiger partial charge in [0.2, 0.25) is 0 Å². The van der Waals surface area contributed by atoms with E-state index in [1.165, 1.54) is 23.1 Å². The average Bonchev–Trinajstić information content (AvgIpc) is 3.27. The van der Waals surface area contributed by atoms with Gasteiger partial charge >= 0.3 is 0 Å². The van der Waals surface area contributed by atoms with Crippen LogP contribution in [-0.2, 0) is 16.6 Å². The maximum atomic E-state index is 12.9. The second-order valence-electron chi connectivity index (χ2n) is 9.54. The van der Waals surface area contributed by atoms with Crippen molar-refractivity contribution >= 4 is 50.3 Å². The van der Waals surface area contributed by atoms with Crippen LogP contribution in [-0.4, -0.2) is 41.8 Å². The van der Waals surface area contributed by atoms with E-state index >= 15 is 0 Å². The smallest absolute Gasteiger partial charge is 0.283 e. The highest BCUT2D eigenvalue weighted by atomic mass is 35.5. The number of nitrogens with zero attached hydrogens (tertiary/aromatic N) is 4. The van der Waals surface area contributed by atoms with Crippen molar-refractivity contribution in [3.8, 4) is 0 Å². The van der Waals surface area contributed by atoms with Crippen LogP contribution < -0.4 is 9.62 Å². The number of carbonyl (C=O) groups is 2. The molecule has 0 bridgehead atoms. The minimum Gasteiger partial charge on any atom is -0.311 e. The number of aromatic nitrogens is 3. The largest absolute Gasteiger partial charge is 0.311 e. The maximum Gasteiger partial charge on any atom is 0.283 e. The normalized spacial score (nSPS) is 11.4. The van der Waals surface area contributed by atoms with Gasteiger partial charge in [-0.2, -0.15) is 0 Å². The zero-order valence-electron chi connectivity index (χ0n) is 22.5. The minimum absolute atomic E-state index is 0.0207. The molecule has 0 radical (unpaired) electrons. The number of pyridine rings is 1. The summed E-state index contributed by atoms with van der Waals surface area (Å²) < 4.78 is 29.3. The van der Waals surface area contributed by atoms with Crippen LogP contribution in [0.15, 0.2) is 89.8 Å². The van der Waals surface area contributed by atoms with Crippen LogP contribution in [0.4, 0.5) is 5.69 Å². The van der Waals surface area contributed by atoms with Crippen LogP contribution in [0.2, 0.25) is 5.02 Å². The van der Waals surface area contributed by atoms with Crippen molar-refractivity contribution in [1.29, 1.82) is 0 Å². The summed E-state index contributed by atoms with van der Waals surface area (Å²) in [5, 5.41) is 0.439. The predicted molar refractivity (Wildman–Crippen MR) is 158 cm³/mol. The van der Waals surface area contributed by atoms with Gasteiger partial charge in [-0.3, -0.25) is 9.59 Å². The average molecular weight is 588 g/mol. The van der Waals surface area contributed by atoms with Gasteiger partial charge in [-0.25, -0.2) is 23.1 Å². The molecule has 0 saturated heterocycles. The number of benzene rings is 3. The second-order valence-corrected chi connectivity index (χ2v) is 11.6. The van der Waals surface area contributed by atoms with Crippen molar-refractivity contribution in [2.24, 2.45) is 0 Å². The molecular formula is C30H26ClN5O4S. The molecule has 0 unspecified atom stereocenters. The number of nitrogens with one attached hydrogen (secondary N) is 1. The van der Waals surface area contributed by atoms with Crippen molar-refractivity contribution in [1.82, 2.24) is 19.3 Å². The van der Waals surface area contributed by atoms with Gasteiger partial charge in [-0.05, 0) is 67.9 Å². The van der Waals surface area contributed by atoms with Crippen molar-refractivity contribution in [2.45, 2.75) is 25.3 Å². The van der Waals surface area contributed by atoms with E-state index in [2.05, 4.69) is 14.7 Å². The second kappa shape index (κ2) is 11.1. The molecule has 2 amide bonds. The van der Waals surface area contributed by atoms with Crippen molar-refractivity contribution in [3.63, 3.8) is 0 Å². The van der Waals surface area contributed by atoms with E-state index in [4.69, 9.17) is 11.6 Å². The number of hydrogen-bond donors (Lipinski definition) is 1. The third kappa shape index (κ3) is 5.84. The van der Waals surface area contributed by atoms with Crippen molar-refractivity contribution in [3.05, 3.63) is 118 Å². The standard InChI is InChI=1S/C30H26ClN5O4S/c1-19-9-13-24(14-10-19)41(39,40)34-29(37)27-16-15-26-28(33-27)36(20(2)32-26)18-22-11-12-23(17-25(22)31)35(3)30(38)21-7-5-4-6-8-21/h4-17H,18H2,1-3H3,(H,34,37). The topological polar surface area (TPSA) is 114 Å². The highest BCUT2D eigenvalue weighted by Crippen LogP contribution is 2.27. The number of hydrogen-bond acceptors (Lipinski definition) is 6. The van der Waals surface area contributed by atoms with Gasteiger partial charge in [0.05, 0.1) is 11.4 Å². The summed E-state index contributed by atoms with van der Waals surface area (Å²) in [6.07, 6.45) is 0. The van der Waals surface area contributed by atoms with Gasteiger partial charge in [-0.15, -0.1) is 0 Å². The number of halogens is 1. The van der Waals surface area contributed by atoms with Crippen LogP contribution in [0.25, 0.3) is 11.2 Å². The van der Waals surface area contributed by atoms with Gasteiger partial charge in [0, 0.05) is 23.3 Å². The third-order valence-electron chi connectivity index (χ3n) is 6.65. The Morgan fingerprint density at radius 3 is 2.32 bits per heavy atom. The van der Waals surface area contributed by atoms with Crippen molar-refractivity contribution in [2.75, 3.05) is 11.9 Å². The Kier molecular flexibility index (Phi) is 7.61. The lowest BCUT2D eigenvalue weighted by Gasteiger charge is -2.19. The summed E-state index contributed by atoms with van der Waals surface area (Å²) in [6, 6.07) is 23.5. The summed E-state index contributed by atoms with van der Waals surface area (Å²) in [5.74, 6) is -0.384. The first kappa shape index (κ1) is 28.0. The van der Waals surface area contributed by atoms with Crippen molar-refractivity contribution < 1.29 is 18.0 Å². The fraction of sp³-hybridized carbons (Fsp3) is 0.133. The van der Waals surface area contributed by atoms with Crippen LogP contribution in [0, 0.1) is 13.8 Å². The summed E-state index contributed by atoms with van der Waals surface area (Å²) in [5.41, 5.74) is 3.71. The molecule has 5 rings (SSSR count). The quantitative estimate of drug-likeness (QED) is 0.282. The van der Waals surface area contributed by atoms with Crippen LogP contribution in [0.5, 0.6) is 0 Å². The monoisotopic (exact) mass is 587 g/mol. The fourth-order valence-corrected chi connectivity index (χ4v) is 5.51. The van der Waals surface area contributed by atoms with Crippen LogP contribution in [0.1, 0.15) is 37.8 Å². The Labute approximate surface area is 242 Å². The van der Waals surface area contributed by atoms with E-state index in [9.17, 15) is 18.0 Å². The number of fused-ring (bicyclic) bond motifs is 1. The molecule has 0 atom stereocenters. The van der Waals surface area contributed by atoms with Crippen LogP contribution in [0.3, 0.4) is 0 Å². The first-order valence-corrected chi connectivity index (χ1v) is 14.5. The first-order valence-electron chi connectivity index (χ1n) is 12.6. The van der Waals surface area contributed by atoms with E-state index in [-0.39, 0.29) is 23.0 Å². The Balaban J connectivity index is 1.39. The molecule has 9 nitrogen and oxygen atoms in total. The predicted octanol–water partition coefficient (Wildman–Crippen LogP) is 5.15. The lowest BCUT2D eigenvalue weighted by molar-refractivity contribution is 0.0973. The Hall–Kier alpha value is -4.54. The molecule has 41 heavy (non-hydrogen) atoms. The zero-order valence-corrected chi connectivity index (χ0v) is 24.1. The van der Waals surface area contributed by atoms with E-state index < -0.39 is 15.9 Å². The maximum absolute atomic E-state index is 12.9.